The normalized spacial score (nSPS) is 10.2. The van der Waals surface area contributed by atoms with E-state index in [0.717, 1.165) is 6.42 Å². The van der Waals surface area contributed by atoms with Gasteiger partial charge in [-0.05, 0) is 24.1 Å². The molecular formula is C17H18N2O3. The van der Waals surface area contributed by atoms with E-state index in [1.54, 1.807) is 18.2 Å². The minimum absolute atomic E-state index is 0.0460. The molecule has 2 rings (SSSR count). The summed E-state index contributed by atoms with van der Waals surface area (Å²) in [5.74, 6) is -0.430. The number of nitrogens with zero attached hydrogens (tertiary/aromatic N) is 1. The van der Waals surface area contributed by atoms with E-state index in [2.05, 4.69) is 10.3 Å². The standard InChI is InChI=1S/C17H18N2O3/c1-2-12-5-7-13(8-6-12)14(20)9-10-16(22)19-17-15(21)4-3-11-18-17/h3-8,11,21H,2,9-10H2,1H3,(H,18,19,22). The number of carbonyl (C=O) groups excluding carboxylic acids is 2. The number of hydrogen-bond donors (Lipinski definition) is 2. The maximum atomic E-state index is 12.0. The highest BCUT2D eigenvalue weighted by Gasteiger charge is 2.11. The molecule has 0 unspecified atom stereocenters. The highest BCUT2D eigenvalue weighted by Crippen LogP contribution is 2.18. The second-order valence-corrected chi connectivity index (χ2v) is 4.89. The van der Waals surface area contributed by atoms with Crippen LogP contribution in [0.1, 0.15) is 35.7 Å². The van der Waals surface area contributed by atoms with Crippen molar-refractivity contribution in [2.45, 2.75) is 26.2 Å². The molecule has 0 atom stereocenters. The lowest BCUT2D eigenvalue weighted by molar-refractivity contribution is -0.116. The number of aromatic hydroxyl groups is 1. The van der Waals surface area contributed by atoms with E-state index in [1.165, 1.54) is 17.8 Å². The summed E-state index contributed by atoms with van der Waals surface area (Å²) in [5.41, 5.74) is 1.77. The molecule has 0 radical (unpaired) electrons. The lowest BCUT2D eigenvalue weighted by Gasteiger charge is -2.06. The number of aryl methyl sites for hydroxylation is 1. The number of anilines is 1. The number of ketones is 1. The fourth-order valence-electron chi connectivity index (χ4n) is 1.99. The van der Waals surface area contributed by atoms with E-state index in [1.807, 2.05) is 19.1 Å². The molecule has 1 aromatic heterocycles. The molecule has 5 nitrogen and oxygen atoms in total. The van der Waals surface area contributed by atoms with Crippen LogP contribution in [0.2, 0.25) is 0 Å². The van der Waals surface area contributed by atoms with Crippen molar-refractivity contribution in [3.8, 4) is 5.75 Å². The fraction of sp³-hybridized carbons (Fsp3) is 0.235. The van der Waals surface area contributed by atoms with E-state index in [9.17, 15) is 14.7 Å². The Morgan fingerprint density at radius 3 is 2.50 bits per heavy atom. The number of hydrogen-bond acceptors (Lipinski definition) is 4. The van der Waals surface area contributed by atoms with Crippen molar-refractivity contribution >= 4 is 17.5 Å². The first kappa shape index (κ1) is 15.7. The van der Waals surface area contributed by atoms with Gasteiger partial charge in [0, 0.05) is 24.6 Å². The number of amides is 1. The average molecular weight is 298 g/mol. The van der Waals surface area contributed by atoms with Gasteiger partial charge in [-0.25, -0.2) is 4.98 Å². The van der Waals surface area contributed by atoms with Crippen molar-refractivity contribution < 1.29 is 14.7 Å². The van der Waals surface area contributed by atoms with Gasteiger partial charge >= 0.3 is 0 Å². The number of pyridine rings is 1. The molecule has 1 amide bonds. The SMILES string of the molecule is CCc1ccc(C(=O)CCC(=O)Nc2ncccc2O)cc1. The Morgan fingerprint density at radius 1 is 1.14 bits per heavy atom. The molecule has 0 saturated heterocycles. The van der Waals surface area contributed by atoms with Crippen LogP contribution in [0.25, 0.3) is 0 Å². The van der Waals surface area contributed by atoms with Gasteiger partial charge in [0.05, 0.1) is 0 Å². The Balaban J connectivity index is 1.87. The van der Waals surface area contributed by atoms with E-state index >= 15 is 0 Å². The summed E-state index contributed by atoms with van der Waals surface area (Å²) < 4.78 is 0. The maximum absolute atomic E-state index is 12.0. The van der Waals surface area contributed by atoms with Crippen LogP contribution in [0, 0.1) is 0 Å². The van der Waals surface area contributed by atoms with Crippen LogP contribution in [0.4, 0.5) is 5.82 Å². The van der Waals surface area contributed by atoms with Crippen molar-refractivity contribution in [1.29, 1.82) is 0 Å². The number of rotatable bonds is 6. The summed E-state index contributed by atoms with van der Waals surface area (Å²) in [4.78, 5) is 27.7. The minimum Gasteiger partial charge on any atom is -0.504 e. The average Bonchev–Trinajstić information content (AvgIpc) is 2.55. The molecule has 0 aliphatic heterocycles. The third-order valence-corrected chi connectivity index (χ3v) is 3.31. The van der Waals surface area contributed by atoms with Crippen LogP contribution in [0.3, 0.4) is 0 Å². The summed E-state index contributed by atoms with van der Waals surface area (Å²) in [6.45, 7) is 2.05. The summed E-state index contributed by atoms with van der Waals surface area (Å²) in [6.07, 6.45) is 2.55. The quantitative estimate of drug-likeness (QED) is 0.804. The summed E-state index contributed by atoms with van der Waals surface area (Å²) >= 11 is 0. The topological polar surface area (TPSA) is 79.3 Å². The van der Waals surface area contributed by atoms with E-state index < -0.39 is 0 Å². The maximum Gasteiger partial charge on any atom is 0.226 e. The van der Waals surface area contributed by atoms with Crippen molar-refractivity contribution in [3.05, 3.63) is 53.7 Å². The molecule has 0 saturated carbocycles. The summed E-state index contributed by atoms with van der Waals surface area (Å²) in [6, 6.07) is 10.4. The van der Waals surface area contributed by atoms with Gasteiger partial charge in [0.25, 0.3) is 0 Å². The van der Waals surface area contributed by atoms with Gasteiger partial charge in [-0.1, -0.05) is 31.2 Å². The van der Waals surface area contributed by atoms with Crippen molar-refractivity contribution in [1.82, 2.24) is 4.98 Å². The molecule has 0 aliphatic rings. The predicted octanol–water partition coefficient (Wildman–Crippen LogP) is 2.95. The van der Waals surface area contributed by atoms with Gasteiger partial charge in [0.15, 0.2) is 17.4 Å². The molecular weight excluding hydrogens is 280 g/mol. The first-order valence-corrected chi connectivity index (χ1v) is 7.16. The second kappa shape index (κ2) is 7.36. The number of Topliss-reactive ketones (excluding diaryl/α,β-unsaturated/α-hetero) is 1. The van der Waals surface area contributed by atoms with Gasteiger partial charge in [-0.2, -0.15) is 0 Å². The Morgan fingerprint density at radius 2 is 1.86 bits per heavy atom. The largest absolute Gasteiger partial charge is 0.504 e. The Labute approximate surface area is 129 Å². The first-order valence-electron chi connectivity index (χ1n) is 7.16. The highest BCUT2D eigenvalue weighted by atomic mass is 16.3. The van der Waals surface area contributed by atoms with Crippen molar-refractivity contribution in [3.63, 3.8) is 0 Å². The molecule has 114 valence electrons. The molecule has 22 heavy (non-hydrogen) atoms. The predicted molar refractivity (Wildman–Crippen MR) is 83.9 cm³/mol. The lowest BCUT2D eigenvalue weighted by atomic mass is 10.0. The third kappa shape index (κ3) is 4.15. The van der Waals surface area contributed by atoms with E-state index in [-0.39, 0.29) is 36.1 Å². The van der Waals surface area contributed by atoms with Crippen molar-refractivity contribution in [2.24, 2.45) is 0 Å². The Bertz CT molecular complexity index is 666. The van der Waals surface area contributed by atoms with Crippen LogP contribution >= 0.6 is 0 Å². The Kier molecular flexibility index (Phi) is 5.25. The van der Waals surface area contributed by atoms with Crippen LogP contribution in [-0.4, -0.2) is 21.8 Å². The number of nitrogens with one attached hydrogen (secondary N) is 1. The zero-order valence-corrected chi connectivity index (χ0v) is 12.4. The van der Waals surface area contributed by atoms with Gasteiger partial charge in [-0.15, -0.1) is 0 Å². The van der Waals surface area contributed by atoms with E-state index in [0.29, 0.717) is 5.56 Å². The molecule has 0 aliphatic carbocycles. The van der Waals surface area contributed by atoms with Crippen LogP contribution < -0.4 is 5.32 Å². The smallest absolute Gasteiger partial charge is 0.226 e. The molecule has 5 heteroatoms. The van der Waals surface area contributed by atoms with Gasteiger partial charge in [0.1, 0.15) is 0 Å². The molecule has 1 heterocycles. The zero-order valence-electron chi connectivity index (χ0n) is 12.4. The van der Waals surface area contributed by atoms with Gasteiger partial charge in [0.2, 0.25) is 5.91 Å². The number of benzene rings is 1. The third-order valence-electron chi connectivity index (χ3n) is 3.31. The molecule has 2 aromatic rings. The van der Waals surface area contributed by atoms with E-state index in [4.69, 9.17) is 0 Å². The van der Waals surface area contributed by atoms with Crippen LogP contribution in [0.5, 0.6) is 5.75 Å². The van der Waals surface area contributed by atoms with Crippen LogP contribution in [0.15, 0.2) is 42.6 Å². The zero-order chi connectivity index (χ0) is 15.9. The fourth-order valence-corrected chi connectivity index (χ4v) is 1.99. The number of carbonyl (C=O) groups is 2. The van der Waals surface area contributed by atoms with Crippen LogP contribution in [-0.2, 0) is 11.2 Å². The Hall–Kier alpha value is -2.69. The highest BCUT2D eigenvalue weighted by molar-refractivity contribution is 6.00. The number of aromatic nitrogens is 1. The molecule has 0 spiro atoms. The lowest BCUT2D eigenvalue weighted by Crippen LogP contribution is -2.14. The second-order valence-electron chi connectivity index (χ2n) is 4.89. The van der Waals surface area contributed by atoms with Gasteiger partial charge < -0.3 is 10.4 Å². The van der Waals surface area contributed by atoms with Crippen molar-refractivity contribution in [2.75, 3.05) is 5.32 Å². The molecule has 0 bridgehead atoms. The summed E-state index contributed by atoms with van der Waals surface area (Å²) in [7, 11) is 0. The first-order chi connectivity index (χ1) is 10.6. The molecule has 2 N–H and O–H groups in total. The minimum atomic E-state index is -0.354. The summed E-state index contributed by atoms with van der Waals surface area (Å²) in [5, 5.41) is 12.0. The molecule has 1 aromatic carbocycles. The van der Waals surface area contributed by atoms with Gasteiger partial charge in [-0.3, -0.25) is 9.59 Å². The molecule has 0 fully saturated rings. The monoisotopic (exact) mass is 298 g/mol.